The molecule has 4 amide bonds. The number of rotatable bonds is 7. The van der Waals surface area contributed by atoms with Crippen LogP contribution in [0.2, 0.25) is 0 Å². The lowest BCUT2D eigenvalue weighted by Crippen LogP contribution is -2.50. The Labute approximate surface area is 235 Å². The molecule has 0 bridgehead atoms. The third kappa shape index (κ3) is 6.57. The zero-order valence-electron chi connectivity index (χ0n) is 24.0. The second-order valence-electron chi connectivity index (χ2n) is 11.2. The van der Waals surface area contributed by atoms with E-state index in [1.165, 1.54) is 4.90 Å². The van der Waals surface area contributed by atoms with Crippen molar-refractivity contribution in [3.63, 3.8) is 0 Å². The number of hydrogen-bond acceptors (Lipinski definition) is 7. The van der Waals surface area contributed by atoms with Gasteiger partial charge in [-0.1, -0.05) is 31.3 Å². The van der Waals surface area contributed by atoms with Crippen molar-refractivity contribution in [2.45, 2.75) is 71.9 Å². The molecule has 11 heteroatoms. The van der Waals surface area contributed by atoms with E-state index < -0.39 is 12.1 Å². The van der Waals surface area contributed by atoms with Gasteiger partial charge in [-0.25, -0.2) is 4.79 Å². The van der Waals surface area contributed by atoms with Crippen molar-refractivity contribution in [2.75, 3.05) is 37.4 Å². The van der Waals surface area contributed by atoms with Crippen molar-refractivity contribution in [3.8, 4) is 5.75 Å². The number of aromatic nitrogens is 1. The molecule has 218 valence electrons. The van der Waals surface area contributed by atoms with E-state index in [-0.39, 0.29) is 42.8 Å². The average Bonchev–Trinajstić information content (AvgIpc) is 3.27. The SMILES string of the molecule is Cc1noc(C)c1NC(=O)N(C)C[C@H]1Oc2ccc(NC(=O)C3CCCCC3)cc2C(=O)N([C@H](C)CO)C[C@@H]1C. The molecule has 3 atom stereocenters. The molecule has 11 nitrogen and oxygen atoms in total. The molecule has 4 rings (SSSR count). The molecule has 1 aliphatic heterocycles. The van der Waals surface area contributed by atoms with Gasteiger partial charge in [-0.15, -0.1) is 0 Å². The van der Waals surface area contributed by atoms with Crippen LogP contribution in [0.15, 0.2) is 22.7 Å². The van der Waals surface area contributed by atoms with E-state index in [4.69, 9.17) is 9.26 Å². The molecule has 2 heterocycles. The average molecular weight is 556 g/mol. The molecule has 1 aromatic heterocycles. The number of urea groups is 1. The van der Waals surface area contributed by atoms with Crippen LogP contribution in [0.4, 0.5) is 16.2 Å². The zero-order chi connectivity index (χ0) is 29.0. The van der Waals surface area contributed by atoms with Crippen LogP contribution in [0.25, 0.3) is 0 Å². The number of carbonyl (C=O) groups is 3. The van der Waals surface area contributed by atoms with Crippen LogP contribution >= 0.6 is 0 Å². The first-order valence-electron chi connectivity index (χ1n) is 14.1. The molecular weight excluding hydrogens is 514 g/mol. The Morgan fingerprint density at radius 3 is 2.58 bits per heavy atom. The summed E-state index contributed by atoms with van der Waals surface area (Å²) in [6.07, 6.45) is 4.54. The summed E-state index contributed by atoms with van der Waals surface area (Å²) >= 11 is 0. The first-order chi connectivity index (χ1) is 19.1. The lowest BCUT2D eigenvalue weighted by atomic mass is 9.88. The van der Waals surface area contributed by atoms with Gasteiger partial charge in [0.1, 0.15) is 23.2 Å². The number of ether oxygens (including phenoxy) is 1. The fraction of sp³-hybridized carbons (Fsp3) is 0.586. The van der Waals surface area contributed by atoms with Crippen LogP contribution < -0.4 is 15.4 Å². The number of aliphatic hydroxyl groups is 1. The summed E-state index contributed by atoms with van der Waals surface area (Å²) in [4.78, 5) is 42.7. The fourth-order valence-corrected chi connectivity index (χ4v) is 5.34. The van der Waals surface area contributed by atoms with Gasteiger partial charge < -0.3 is 34.8 Å². The van der Waals surface area contributed by atoms with Crippen LogP contribution in [0, 0.1) is 25.7 Å². The highest BCUT2D eigenvalue weighted by Crippen LogP contribution is 2.32. The first kappa shape index (κ1) is 29.4. The predicted octanol–water partition coefficient (Wildman–Crippen LogP) is 4.19. The number of fused-ring (bicyclic) bond motifs is 1. The molecule has 2 aromatic rings. The third-order valence-corrected chi connectivity index (χ3v) is 7.97. The smallest absolute Gasteiger partial charge is 0.321 e. The highest BCUT2D eigenvalue weighted by atomic mass is 16.5. The molecule has 0 radical (unpaired) electrons. The highest BCUT2D eigenvalue weighted by molar-refractivity contribution is 6.00. The predicted molar refractivity (Wildman–Crippen MR) is 150 cm³/mol. The quantitative estimate of drug-likeness (QED) is 0.466. The van der Waals surface area contributed by atoms with E-state index in [2.05, 4.69) is 15.8 Å². The van der Waals surface area contributed by atoms with E-state index in [0.29, 0.717) is 40.7 Å². The van der Waals surface area contributed by atoms with Gasteiger partial charge in [-0.05, 0) is 51.8 Å². The fourth-order valence-electron chi connectivity index (χ4n) is 5.34. The summed E-state index contributed by atoms with van der Waals surface area (Å²) in [5.41, 5.74) is 1.96. The van der Waals surface area contributed by atoms with Gasteiger partial charge in [-0.2, -0.15) is 0 Å². The number of aryl methyl sites for hydroxylation is 2. The van der Waals surface area contributed by atoms with Crippen LogP contribution in [0.1, 0.15) is 67.8 Å². The van der Waals surface area contributed by atoms with E-state index in [0.717, 1.165) is 32.1 Å². The van der Waals surface area contributed by atoms with Crippen molar-refractivity contribution < 1.29 is 28.8 Å². The molecule has 1 fully saturated rings. The maximum absolute atomic E-state index is 13.7. The number of benzene rings is 1. The number of anilines is 2. The second-order valence-corrected chi connectivity index (χ2v) is 11.2. The second kappa shape index (κ2) is 12.7. The summed E-state index contributed by atoms with van der Waals surface area (Å²) in [6, 6.07) is 4.31. The van der Waals surface area contributed by atoms with Crippen LogP contribution in [0.3, 0.4) is 0 Å². The number of nitrogens with one attached hydrogen (secondary N) is 2. The van der Waals surface area contributed by atoms with Crippen molar-refractivity contribution in [3.05, 3.63) is 35.2 Å². The Hall–Kier alpha value is -3.60. The number of carbonyl (C=O) groups excluding carboxylic acids is 3. The minimum absolute atomic E-state index is 0.0223. The molecule has 3 N–H and O–H groups in total. The zero-order valence-corrected chi connectivity index (χ0v) is 24.0. The van der Waals surface area contributed by atoms with Crippen molar-refractivity contribution in [1.82, 2.24) is 15.0 Å². The van der Waals surface area contributed by atoms with E-state index in [1.54, 1.807) is 50.9 Å². The minimum Gasteiger partial charge on any atom is -0.487 e. The maximum atomic E-state index is 13.7. The van der Waals surface area contributed by atoms with Gasteiger partial charge in [0.25, 0.3) is 5.91 Å². The molecule has 1 aliphatic carbocycles. The number of nitrogens with zero attached hydrogens (tertiary/aromatic N) is 3. The van der Waals surface area contributed by atoms with E-state index in [1.807, 2.05) is 6.92 Å². The van der Waals surface area contributed by atoms with Crippen LogP contribution in [-0.4, -0.2) is 76.8 Å². The number of amides is 4. The Morgan fingerprint density at radius 1 is 1.20 bits per heavy atom. The van der Waals surface area contributed by atoms with Gasteiger partial charge in [0.05, 0.1) is 24.8 Å². The molecule has 1 saturated carbocycles. The lowest BCUT2D eigenvalue weighted by Gasteiger charge is -2.38. The normalized spacial score (nSPS) is 20.6. The molecule has 0 spiro atoms. The summed E-state index contributed by atoms with van der Waals surface area (Å²) < 4.78 is 11.5. The van der Waals surface area contributed by atoms with Crippen LogP contribution in [-0.2, 0) is 4.79 Å². The topological polar surface area (TPSA) is 137 Å². The molecule has 0 saturated heterocycles. The lowest BCUT2D eigenvalue weighted by molar-refractivity contribution is -0.120. The van der Waals surface area contributed by atoms with Gasteiger partial charge >= 0.3 is 6.03 Å². The Morgan fingerprint density at radius 2 is 1.93 bits per heavy atom. The summed E-state index contributed by atoms with van der Waals surface area (Å²) in [6.45, 7) is 7.60. The van der Waals surface area contributed by atoms with Crippen molar-refractivity contribution >= 4 is 29.2 Å². The highest BCUT2D eigenvalue weighted by Gasteiger charge is 2.34. The molecular formula is C29H41N5O6. The monoisotopic (exact) mass is 555 g/mol. The third-order valence-electron chi connectivity index (χ3n) is 7.97. The largest absolute Gasteiger partial charge is 0.487 e. The summed E-state index contributed by atoms with van der Waals surface area (Å²) in [5.74, 6) is 0.392. The minimum atomic E-state index is -0.455. The van der Waals surface area contributed by atoms with E-state index >= 15 is 0 Å². The Bertz CT molecular complexity index is 1200. The summed E-state index contributed by atoms with van der Waals surface area (Å²) in [5, 5.41) is 19.6. The van der Waals surface area contributed by atoms with Crippen molar-refractivity contribution in [1.29, 1.82) is 0 Å². The number of aliphatic hydroxyl groups excluding tert-OH is 1. The molecule has 1 aromatic carbocycles. The Kier molecular flexibility index (Phi) is 9.34. The van der Waals surface area contributed by atoms with Gasteiger partial charge in [-0.3, -0.25) is 9.59 Å². The van der Waals surface area contributed by atoms with Gasteiger partial charge in [0.15, 0.2) is 5.76 Å². The van der Waals surface area contributed by atoms with Crippen LogP contribution in [0.5, 0.6) is 5.75 Å². The maximum Gasteiger partial charge on any atom is 0.321 e. The first-order valence-corrected chi connectivity index (χ1v) is 14.1. The van der Waals surface area contributed by atoms with E-state index in [9.17, 15) is 19.5 Å². The van der Waals surface area contributed by atoms with Crippen molar-refractivity contribution in [2.24, 2.45) is 11.8 Å². The summed E-state index contributed by atoms with van der Waals surface area (Å²) in [7, 11) is 1.67. The molecule has 40 heavy (non-hydrogen) atoms. The van der Waals surface area contributed by atoms with Gasteiger partial charge in [0.2, 0.25) is 5.91 Å². The van der Waals surface area contributed by atoms with Gasteiger partial charge in [0, 0.05) is 31.1 Å². The molecule has 0 unspecified atom stereocenters. The standard InChI is InChI=1S/C29H41N5O6/c1-17-14-34(18(2)16-35)28(37)23-13-22(30-27(36)21-9-7-6-8-10-21)11-12-24(23)39-25(17)15-33(5)29(38)31-26-19(3)32-40-20(26)4/h11-13,17-18,21,25,35H,6-10,14-16H2,1-5H3,(H,30,36)(H,31,38)/t17-,18+,25+/m0/s1. The molecule has 2 aliphatic rings. The number of hydrogen-bond donors (Lipinski definition) is 3. The number of likely N-dealkylation sites (N-methyl/N-ethyl adjacent to an activating group) is 1. The Balaban J connectivity index is 1.56.